The maximum absolute atomic E-state index is 12.5. The highest BCUT2D eigenvalue weighted by atomic mass is 35.5. The number of imidazole rings is 1. The van der Waals surface area contributed by atoms with Crippen molar-refractivity contribution in [3.05, 3.63) is 71.9 Å². The Kier molecular flexibility index (Phi) is 5.94. The van der Waals surface area contributed by atoms with E-state index in [9.17, 15) is 9.59 Å². The first kappa shape index (κ1) is 19.9. The lowest BCUT2D eigenvalue weighted by atomic mass is 10.2. The number of rotatable bonds is 5. The Morgan fingerprint density at radius 1 is 1.03 bits per heavy atom. The van der Waals surface area contributed by atoms with E-state index in [4.69, 9.17) is 11.6 Å². The number of carbonyl (C=O) groups excluding carboxylic acids is 2. The van der Waals surface area contributed by atoms with Gasteiger partial charge in [0.25, 0.3) is 5.91 Å². The molecule has 1 aliphatic rings. The minimum atomic E-state index is -0.326. The van der Waals surface area contributed by atoms with Crippen molar-refractivity contribution in [2.75, 3.05) is 37.6 Å². The molecular weight excluding hydrogens is 404 g/mol. The maximum Gasteiger partial charge on any atom is 0.253 e. The summed E-state index contributed by atoms with van der Waals surface area (Å²) < 4.78 is 1.74. The number of hydrogen-bond donors (Lipinski definition) is 1. The SMILES string of the molecule is O=C(NCC(=O)N1CCN(c2ccc(Cl)cc2)CC1)c1ccc(-n2ccnc2)nc1. The fraction of sp³-hybridized carbons (Fsp3) is 0.238. The number of pyridine rings is 1. The summed E-state index contributed by atoms with van der Waals surface area (Å²) >= 11 is 5.94. The lowest BCUT2D eigenvalue weighted by Crippen LogP contribution is -2.51. The van der Waals surface area contributed by atoms with Crippen molar-refractivity contribution in [1.29, 1.82) is 0 Å². The summed E-state index contributed by atoms with van der Waals surface area (Å²) in [5.74, 6) is 0.244. The third-order valence-corrected chi connectivity index (χ3v) is 5.26. The van der Waals surface area contributed by atoms with Gasteiger partial charge in [0.2, 0.25) is 5.91 Å². The van der Waals surface area contributed by atoms with Crippen molar-refractivity contribution >= 4 is 29.1 Å². The van der Waals surface area contributed by atoms with Crippen molar-refractivity contribution < 1.29 is 9.59 Å². The number of nitrogens with one attached hydrogen (secondary N) is 1. The number of aromatic nitrogens is 3. The van der Waals surface area contributed by atoms with E-state index in [0.29, 0.717) is 29.5 Å². The molecule has 0 atom stereocenters. The van der Waals surface area contributed by atoms with Crippen LogP contribution in [0.4, 0.5) is 5.69 Å². The molecule has 1 saturated heterocycles. The molecule has 1 N–H and O–H groups in total. The van der Waals surface area contributed by atoms with Crippen molar-refractivity contribution in [2.45, 2.75) is 0 Å². The number of benzene rings is 1. The third-order valence-electron chi connectivity index (χ3n) is 5.00. The Morgan fingerprint density at radius 3 is 2.43 bits per heavy atom. The van der Waals surface area contributed by atoms with Crippen molar-refractivity contribution in [2.24, 2.45) is 0 Å². The van der Waals surface area contributed by atoms with Gasteiger partial charge in [0, 0.05) is 55.5 Å². The molecule has 9 heteroatoms. The monoisotopic (exact) mass is 424 g/mol. The van der Waals surface area contributed by atoms with Crippen molar-refractivity contribution in [1.82, 2.24) is 24.8 Å². The zero-order valence-electron chi connectivity index (χ0n) is 16.2. The van der Waals surface area contributed by atoms with Gasteiger partial charge in [-0.25, -0.2) is 9.97 Å². The van der Waals surface area contributed by atoms with Crippen molar-refractivity contribution in [3.63, 3.8) is 0 Å². The molecule has 0 saturated carbocycles. The van der Waals surface area contributed by atoms with Crippen LogP contribution in [0.2, 0.25) is 5.02 Å². The van der Waals surface area contributed by atoms with E-state index < -0.39 is 0 Å². The number of hydrogen-bond acceptors (Lipinski definition) is 5. The van der Waals surface area contributed by atoms with Crippen LogP contribution >= 0.6 is 11.6 Å². The fourth-order valence-corrected chi connectivity index (χ4v) is 3.43. The van der Waals surface area contributed by atoms with E-state index in [1.54, 1.807) is 40.3 Å². The van der Waals surface area contributed by atoms with Crippen LogP contribution < -0.4 is 10.2 Å². The molecule has 1 fully saturated rings. The van der Waals surface area contributed by atoms with Crippen LogP contribution in [0.15, 0.2) is 61.3 Å². The van der Waals surface area contributed by atoms with Gasteiger partial charge in [0.1, 0.15) is 12.1 Å². The minimum absolute atomic E-state index is 0.0386. The van der Waals surface area contributed by atoms with Crippen LogP contribution in [0.1, 0.15) is 10.4 Å². The molecule has 2 aromatic heterocycles. The number of carbonyl (C=O) groups is 2. The predicted octanol–water partition coefficient (Wildman–Crippen LogP) is 2.00. The molecule has 0 radical (unpaired) electrons. The second-order valence-electron chi connectivity index (χ2n) is 6.90. The molecule has 30 heavy (non-hydrogen) atoms. The first-order chi connectivity index (χ1) is 14.6. The van der Waals surface area contributed by atoms with Gasteiger partial charge in [-0.15, -0.1) is 0 Å². The molecule has 0 bridgehead atoms. The molecule has 2 amide bonds. The van der Waals surface area contributed by atoms with E-state index in [2.05, 4.69) is 20.2 Å². The van der Waals surface area contributed by atoms with E-state index in [-0.39, 0.29) is 18.4 Å². The second-order valence-corrected chi connectivity index (χ2v) is 7.34. The van der Waals surface area contributed by atoms with Gasteiger partial charge in [-0.1, -0.05) is 11.6 Å². The van der Waals surface area contributed by atoms with Crippen LogP contribution in [0, 0.1) is 0 Å². The van der Waals surface area contributed by atoms with Crippen LogP contribution in [0.5, 0.6) is 0 Å². The maximum atomic E-state index is 12.5. The van der Waals surface area contributed by atoms with Crippen molar-refractivity contribution in [3.8, 4) is 5.82 Å². The fourth-order valence-electron chi connectivity index (χ4n) is 3.30. The molecule has 3 aromatic rings. The summed E-state index contributed by atoms with van der Waals surface area (Å²) in [7, 11) is 0. The van der Waals surface area contributed by atoms with E-state index in [0.717, 1.165) is 18.8 Å². The zero-order chi connectivity index (χ0) is 20.9. The van der Waals surface area contributed by atoms with Gasteiger partial charge >= 0.3 is 0 Å². The Balaban J connectivity index is 1.25. The molecule has 0 spiro atoms. The summed E-state index contributed by atoms with van der Waals surface area (Å²) in [5, 5.41) is 3.39. The largest absolute Gasteiger partial charge is 0.368 e. The first-order valence-electron chi connectivity index (χ1n) is 9.61. The Hall–Kier alpha value is -3.39. The second kappa shape index (κ2) is 8.96. The summed E-state index contributed by atoms with van der Waals surface area (Å²) in [6, 6.07) is 11.1. The number of nitrogens with zero attached hydrogens (tertiary/aromatic N) is 5. The molecule has 154 valence electrons. The highest BCUT2D eigenvalue weighted by Gasteiger charge is 2.21. The summed E-state index contributed by atoms with van der Waals surface area (Å²) in [6.45, 7) is 2.65. The highest BCUT2D eigenvalue weighted by molar-refractivity contribution is 6.30. The number of halogens is 1. The topological polar surface area (TPSA) is 83.4 Å². The smallest absolute Gasteiger partial charge is 0.253 e. The molecule has 3 heterocycles. The Bertz CT molecular complexity index is 997. The Labute approximate surface area is 179 Å². The molecule has 4 rings (SSSR count). The highest BCUT2D eigenvalue weighted by Crippen LogP contribution is 2.19. The van der Waals surface area contributed by atoms with Crippen LogP contribution in [-0.2, 0) is 4.79 Å². The standard InChI is InChI=1S/C21H21ClN6O2/c22-17-2-4-18(5-3-17)26-9-11-27(12-10-26)20(29)14-25-21(30)16-1-6-19(24-13-16)28-8-7-23-15-28/h1-8,13,15H,9-12,14H2,(H,25,30). The Morgan fingerprint density at radius 2 is 1.80 bits per heavy atom. The molecular formula is C21H21ClN6O2. The van der Waals surface area contributed by atoms with Gasteiger partial charge in [0.15, 0.2) is 0 Å². The minimum Gasteiger partial charge on any atom is -0.368 e. The lowest BCUT2D eigenvalue weighted by molar-refractivity contribution is -0.130. The van der Waals surface area contributed by atoms with Crippen LogP contribution in [0.25, 0.3) is 5.82 Å². The van der Waals surface area contributed by atoms with E-state index in [1.165, 1.54) is 6.20 Å². The summed E-state index contributed by atoms with van der Waals surface area (Å²) in [4.78, 5) is 37.0. The van der Waals surface area contributed by atoms with Gasteiger partial charge < -0.3 is 15.1 Å². The zero-order valence-corrected chi connectivity index (χ0v) is 17.0. The van der Waals surface area contributed by atoms with E-state index >= 15 is 0 Å². The lowest BCUT2D eigenvalue weighted by Gasteiger charge is -2.36. The molecule has 8 nitrogen and oxygen atoms in total. The average Bonchev–Trinajstić information content (AvgIpc) is 3.33. The molecule has 1 aliphatic heterocycles. The third kappa shape index (κ3) is 4.60. The molecule has 1 aromatic carbocycles. The van der Waals surface area contributed by atoms with Crippen LogP contribution in [-0.4, -0.2) is 64.0 Å². The average molecular weight is 425 g/mol. The van der Waals surface area contributed by atoms with Gasteiger partial charge in [-0.2, -0.15) is 0 Å². The normalized spacial score (nSPS) is 13.9. The number of piperazine rings is 1. The number of anilines is 1. The van der Waals surface area contributed by atoms with Gasteiger partial charge in [-0.05, 0) is 36.4 Å². The van der Waals surface area contributed by atoms with E-state index in [1.807, 2.05) is 24.3 Å². The van der Waals surface area contributed by atoms with Gasteiger partial charge in [0.05, 0.1) is 12.1 Å². The van der Waals surface area contributed by atoms with Gasteiger partial charge in [-0.3, -0.25) is 14.2 Å². The first-order valence-corrected chi connectivity index (χ1v) is 9.99. The quantitative estimate of drug-likeness (QED) is 0.677. The summed E-state index contributed by atoms with van der Waals surface area (Å²) in [6.07, 6.45) is 6.55. The molecule has 0 unspecified atom stereocenters. The summed E-state index contributed by atoms with van der Waals surface area (Å²) in [5.41, 5.74) is 1.49. The number of amides is 2. The molecule has 0 aliphatic carbocycles. The predicted molar refractivity (Wildman–Crippen MR) is 114 cm³/mol. The van der Waals surface area contributed by atoms with Crippen LogP contribution in [0.3, 0.4) is 0 Å².